The molecule has 1 N–H and O–H groups in total. The number of ether oxygens (including phenoxy) is 1. The zero-order valence-electron chi connectivity index (χ0n) is 12.2. The molecular weight excluding hydrogens is 271 g/mol. The second-order valence-corrected chi connectivity index (χ2v) is 6.07. The van der Waals surface area contributed by atoms with E-state index in [2.05, 4.69) is 5.32 Å². The molecule has 1 amide bonds. The van der Waals surface area contributed by atoms with Gasteiger partial charge in [-0.1, -0.05) is 12.1 Å². The number of hydrogen-bond donors (Lipinski definition) is 1. The predicted molar refractivity (Wildman–Crippen MR) is 77.1 cm³/mol. The maximum Gasteiger partial charge on any atom is 0.234 e. The van der Waals surface area contributed by atoms with Crippen molar-refractivity contribution in [2.45, 2.75) is 31.5 Å². The Balaban J connectivity index is 1.43. The van der Waals surface area contributed by atoms with Crippen molar-refractivity contribution in [2.24, 2.45) is 5.92 Å². The van der Waals surface area contributed by atoms with Gasteiger partial charge in [0.15, 0.2) is 0 Å². The van der Waals surface area contributed by atoms with Crippen LogP contribution >= 0.6 is 0 Å². The molecule has 0 bridgehead atoms. The molecule has 0 radical (unpaired) electrons. The highest BCUT2D eigenvalue weighted by atomic mass is 19.1. The van der Waals surface area contributed by atoms with Crippen LogP contribution in [0.5, 0.6) is 0 Å². The van der Waals surface area contributed by atoms with Crippen molar-refractivity contribution in [1.29, 1.82) is 0 Å². The molecule has 1 aliphatic heterocycles. The minimum absolute atomic E-state index is 0.0509. The molecule has 5 heteroatoms. The molecule has 0 unspecified atom stereocenters. The number of benzene rings is 1. The van der Waals surface area contributed by atoms with Crippen molar-refractivity contribution in [3.63, 3.8) is 0 Å². The molecule has 0 spiro atoms. The number of carbonyl (C=O) groups excluding carboxylic acids is 1. The van der Waals surface area contributed by atoms with Crippen LogP contribution in [0, 0.1) is 11.7 Å². The molecule has 2 aliphatic rings. The van der Waals surface area contributed by atoms with E-state index in [0.29, 0.717) is 25.1 Å². The van der Waals surface area contributed by atoms with Gasteiger partial charge >= 0.3 is 0 Å². The summed E-state index contributed by atoms with van der Waals surface area (Å²) in [6.07, 6.45) is 2.37. The quantitative estimate of drug-likeness (QED) is 0.895. The fourth-order valence-corrected chi connectivity index (χ4v) is 3.22. The summed E-state index contributed by atoms with van der Waals surface area (Å²) < 4.78 is 18.4. The minimum atomic E-state index is -0.238. The Kier molecular flexibility index (Phi) is 4.22. The van der Waals surface area contributed by atoms with E-state index in [0.717, 1.165) is 25.0 Å². The normalized spacial score (nSPS) is 27.3. The summed E-state index contributed by atoms with van der Waals surface area (Å²) in [6.45, 7) is 1.81. The third-order valence-electron chi connectivity index (χ3n) is 4.39. The van der Waals surface area contributed by atoms with Crippen molar-refractivity contribution in [3.05, 3.63) is 35.6 Å². The van der Waals surface area contributed by atoms with Gasteiger partial charge in [0.2, 0.25) is 5.91 Å². The van der Waals surface area contributed by atoms with Crippen molar-refractivity contribution in [1.82, 2.24) is 10.2 Å². The summed E-state index contributed by atoms with van der Waals surface area (Å²) in [4.78, 5) is 14.0. The predicted octanol–water partition coefficient (Wildman–Crippen LogP) is 1.55. The Hall–Kier alpha value is -1.46. The molecule has 1 heterocycles. The molecule has 0 aromatic heterocycles. The summed E-state index contributed by atoms with van der Waals surface area (Å²) in [5, 5.41) is 3.09. The number of likely N-dealkylation sites (N-methyl/N-ethyl adjacent to an activating group) is 1. The second kappa shape index (κ2) is 6.12. The van der Waals surface area contributed by atoms with Gasteiger partial charge in [0.1, 0.15) is 5.82 Å². The van der Waals surface area contributed by atoms with E-state index >= 15 is 0 Å². The lowest BCUT2D eigenvalue weighted by molar-refractivity contribution is -0.125. The maximum absolute atomic E-state index is 12.8. The number of hydrogen-bond acceptors (Lipinski definition) is 3. The van der Waals surface area contributed by atoms with Crippen LogP contribution in [0.15, 0.2) is 24.3 Å². The molecule has 1 saturated carbocycles. The lowest BCUT2D eigenvalue weighted by Crippen LogP contribution is -2.54. The number of rotatable bonds is 5. The van der Waals surface area contributed by atoms with Crippen molar-refractivity contribution in [2.75, 3.05) is 20.2 Å². The zero-order chi connectivity index (χ0) is 14.8. The number of halogens is 1. The topological polar surface area (TPSA) is 41.6 Å². The van der Waals surface area contributed by atoms with Gasteiger partial charge in [-0.25, -0.2) is 4.39 Å². The van der Waals surface area contributed by atoms with E-state index < -0.39 is 0 Å². The maximum atomic E-state index is 12.8. The Morgan fingerprint density at radius 3 is 2.90 bits per heavy atom. The highest BCUT2D eigenvalue weighted by Crippen LogP contribution is 2.38. The van der Waals surface area contributed by atoms with E-state index in [4.69, 9.17) is 4.74 Å². The van der Waals surface area contributed by atoms with Gasteiger partial charge in [0.05, 0.1) is 12.6 Å². The van der Waals surface area contributed by atoms with E-state index in [-0.39, 0.29) is 17.8 Å². The lowest BCUT2D eigenvalue weighted by atomic mass is 9.76. The van der Waals surface area contributed by atoms with Gasteiger partial charge in [-0.15, -0.1) is 0 Å². The Morgan fingerprint density at radius 1 is 1.43 bits per heavy atom. The fourth-order valence-electron chi connectivity index (χ4n) is 3.22. The average molecular weight is 292 g/mol. The van der Waals surface area contributed by atoms with Gasteiger partial charge in [0.25, 0.3) is 0 Å². The number of nitrogens with one attached hydrogen (secondary N) is 1. The summed E-state index contributed by atoms with van der Waals surface area (Å²) >= 11 is 0. The first-order chi connectivity index (χ1) is 10.1. The highest BCUT2D eigenvalue weighted by Gasteiger charge is 2.45. The minimum Gasteiger partial charge on any atom is -0.378 e. The Bertz CT molecular complexity index is 506. The molecule has 1 aliphatic carbocycles. The zero-order valence-corrected chi connectivity index (χ0v) is 12.2. The van der Waals surface area contributed by atoms with Crippen LogP contribution in [-0.4, -0.2) is 43.2 Å². The van der Waals surface area contributed by atoms with Crippen molar-refractivity contribution >= 4 is 5.91 Å². The fraction of sp³-hybridized carbons (Fsp3) is 0.562. The van der Waals surface area contributed by atoms with Gasteiger partial charge in [-0.05, 0) is 37.6 Å². The summed E-state index contributed by atoms with van der Waals surface area (Å²) in [5.74, 6) is 0.323. The number of amides is 1. The highest BCUT2D eigenvalue weighted by molar-refractivity contribution is 5.78. The monoisotopic (exact) mass is 292 g/mol. The SMILES string of the molecule is CN(CC(=O)N[C@H]1C[C@@H]2OCC[C@H]12)Cc1ccc(F)cc1. The number of nitrogens with zero attached hydrogens (tertiary/aromatic N) is 1. The van der Waals surface area contributed by atoms with Gasteiger partial charge in [0, 0.05) is 25.1 Å². The van der Waals surface area contributed by atoms with E-state index in [1.165, 1.54) is 12.1 Å². The largest absolute Gasteiger partial charge is 0.378 e. The van der Waals surface area contributed by atoms with Crippen LogP contribution in [0.2, 0.25) is 0 Å². The van der Waals surface area contributed by atoms with Crippen LogP contribution in [0.25, 0.3) is 0 Å². The van der Waals surface area contributed by atoms with Crippen LogP contribution < -0.4 is 5.32 Å². The number of fused-ring (bicyclic) bond motifs is 1. The van der Waals surface area contributed by atoms with Gasteiger partial charge in [-0.2, -0.15) is 0 Å². The van der Waals surface area contributed by atoms with E-state index in [1.54, 1.807) is 12.1 Å². The van der Waals surface area contributed by atoms with Crippen LogP contribution in [0.3, 0.4) is 0 Å². The first-order valence-electron chi connectivity index (χ1n) is 7.46. The molecule has 1 aromatic rings. The molecule has 2 fully saturated rings. The smallest absolute Gasteiger partial charge is 0.234 e. The van der Waals surface area contributed by atoms with Crippen molar-refractivity contribution in [3.8, 4) is 0 Å². The Morgan fingerprint density at radius 2 is 2.19 bits per heavy atom. The number of carbonyl (C=O) groups is 1. The third-order valence-corrected chi connectivity index (χ3v) is 4.39. The van der Waals surface area contributed by atoms with Crippen molar-refractivity contribution < 1.29 is 13.9 Å². The third kappa shape index (κ3) is 3.41. The Labute approximate surface area is 124 Å². The molecule has 3 atom stereocenters. The first kappa shape index (κ1) is 14.5. The van der Waals surface area contributed by atoms with E-state index in [1.807, 2.05) is 11.9 Å². The molecule has 114 valence electrons. The standard InChI is InChI=1S/C16H21FN2O2/c1-19(9-11-2-4-12(17)5-3-11)10-16(20)18-14-8-15-13(14)6-7-21-15/h2-5,13-15H,6-10H2,1H3,(H,18,20)/t13-,14+,15+/m1/s1. The second-order valence-electron chi connectivity index (χ2n) is 6.07. The molecular formula is C16H21FN2O2. The average Bonchev–Trinajstić information content (AvgIpc) is 2.80. The van der Waals surface area contributed by atoms with Crippen LogP contribution in [0.1, 0.15) is 18.4 Å². The molecule has 4 nitrogen and oxygen atoms in total. The molecule has 1 saturated heterocycles. The van der Waals surface area contributed by atoms with Crippen LogP contribution in [0.4, 0.5) is 4.39 Å². The summed E-state index contributed by atoms with van der Waals surface area (Å²) in [7, 11) is 1.89. The summed E-state index contributed by atoms with van der Waals surface area (Å²) in [5.41, 5.74) is 1.000. The van der Waals surface area contributed by atoms with Gasteiger partial charge in [-0.3, -0.25) is 9.69 Å². The summed E-state index contributed by atoms with van der Waals surface area (Å²) in [6, 6.07) is 6.66. The molecule has 1 aromatic carbocycles. The van der Waals surface area contributed by atoms with Gasteiger partial charge < -0.3 is 10.1 Å². The molecule has 21 heavy (non-hydrogen) atoms. The van der Waals surface area contributed by atoms with E-state index in [9.17, 15) is 9.18 Å². The lowest BCUT2D eigenvalue weighted by Gasteiger charge is -2.39. The first-order valence-corrected chi connectivity index (χ1v) is 7.46. The van der Waals surface area contributed by atoms with Crippen LogP contribution in [-0.2, 0) is 16.1 Å². The molecule has 3 rings (SSSR count).